The van der Waals surface area contributed by atoms with Crippen LogP contribution in [0, 0.1) is 0 Å². The SMILES string of the molecule is CC(C)(C)OC(=O)N1CCC(c2ccc3c(c2)N(C(=O)OC(C)(C)C)c2ncnc(C4=CCOCC4)c2CO3)CC1. The molecular formula is C31H40N4O6. The summed E-state index contributed by atoms with van der Waals surface area (Å²) in [6.45, 7) is 13.7. The highest BCUT2D eigenvalue weighted by Crippen LogP contribution is 2.43. The van der Waals surface area contributed by atoms with Gasteiger partial charge in [0.2, 0.25) is 0 Å². The number of carbonyl (C=O) groups excluding carboxylic acids is 2. The van der Waals surface area contributed by atoms with Gasteiger partial charge in [-0.1, -0.05) is 12.1 Å². The van der Waals surface area contributed by atoms with E-state index in [2.05, 4.69) is 9.97 Å². The Morgan fingerprint density at radius 2 is 1.68 bits per heavy atom. The summed E-state index contributed by atoms with van der Waals surface area (Å²) in [5, 5.41) is 0. The molecule has 41 heavy (non-hydrogen) atoms. The molecule has 4 heterocycles. The summed E-state index contributed by atoms with van der Waals surface area (Å²) in [4.78, 5) is 38.8. The van der Waals surface area contributed by atoms with Crippen LogP contribution in [0.15, 0.2) is 30.6 Å². The molecule has 10 heteroatoms. The van der Waals surface area contributed by atoms with Crippen LogP contribution in [-0.4, -0.2) is 64.6 Å². The number of likely N-dealkylation sites (tertiary alicyclic amines) is 1. The summed E-state index contributed by atoms with van der Waals surface area (Å²) in [7, 11) is 0. The van der Waals surface area contributed by atoms with E-state index in [0.29, 0.717) is 43.6 Å². The summed E-state index contributed by atoms with van der Waals surface area (Å²) in [6, 6.07) is 5.95. The largest absolute Gasteiger partial charge is 0.486 e. The Hall–Kier alpha value is -3.66. The van der Waals surface area contributed by atoms with E-state index >= 15 is 0 Å². The van der Waals surface area contributed by atoms with Gasteiger partial charge in [0.1, 0.15) is 29.9 Å². The number of rotatable bonds is 2. The molecule has 5 rings (SSSR count). The molecule has 2 amide bonds. The molecule has 1 aromatic carbocycles. The second-order valence-corrected chi connectivity index (χ2v) is 12.7. The summed E-state index contributed by atoms with van der Waals surface area (Å²) in [5.74, 6) is 1.22. The number of benzene rings is 1. The summed E-state index contributed by atoms with van der Waals surface area (Å²) >= 11 is 0. The van der Waals surface area contributed by atoms with Gasteiger partial charge in [0.15, 0.2) is 5.82 Å². The molecule has 0 radical (unpaired) electrons. The van der Waals surface area contributed by atoms with Crippen LogP contribution in [0.1, 0.15) is 83.5 Å². The van der Waals surface area contributed by atoms with Gasteiger partial charge in [0.05, 0.1) is 30.2 Å². The molecular weight excluding hydrogens is 524 g/mol. The molecule has 220 valence electrons. The lowest BCUT2D eigenvalue weighted by atomic mass is 9.89. The smallest absolute Gasteiger partial charge is 0.420 e. The Kier molecular flexibility index (Phi) is 7.96. The third-order valence-corrected chi connectivity index (χ3v) is 7.19. The Morgan fingerprint density at radius 1 is 0.976 bits per heavy atom. The van der Waals surface area contributed by atoms with Crippen molar-refractivity contribution < 1.29 is 28.5 Å². The number of piperidine rings is 1. The van der Waals surface area contributed by atoms with Crippen molar-refractivity contribution in [2.45, 2.75) is 84.5 Å². The Balaban J connectivity index is 1.48. The number of ether oxygens (including phenoxy) is 4. The van der Waals surface area contributed by atoms with Gasteiger partial charge in [0, 0.05) is 13.1 Å². The molecule has 3 aliphatic rings. The van der Waals surface area contributed by atoms with Crippen LogP contribution >= 0.6 is 0 Å². The van der Waals surface area contributed by atoms with Crippen LogP contribution in [0.5, 0.6) is 5.75 Å². The monoisotopic (exact) mass is 564 g/mol. The molecule has 10 nitrogen and oxygen atoms in total. The fourth-order valence-electron chi connectivity index (χ4n) is 5.31. The second-order valence-electron chi connectivity index (χ2n) is 12.7. The predicted molar refractivity (Wildman–Crippen MR) is 154 cm³/mol. The van der Waals surface area contributed by atoms with Crippen molar-refractivity contribution in [3.63, 3.8) is 0 Å². The highest BCUT2D eigenvalue weighted by Gasteiger charge is 2.35. The average Bonchev–Trinajstić information content (AvgIpc) is 3.08. The van der Waals surface area contributed by atoms with Crippen LogP contribution in [0.3, 0.4) is 0 Å². The molecule has 1 aromatic heterocycles. The van der Waals surface area contributed by atoms with Gasteiger partial charge in [-0.2, -0.15) is 0 Å². The normalized spacial score (nSPS) is 18.0. The molecule has 0 saturated carbocycles. The summed E-state index contributed by atoms with van der Waals surface area (Å²) < 4.78 is 23.2. The third-order valence-electron chi connectivity index (χ3n) is 7.19. The van der Waals surface area contributed by atoms with Crippen molar-refractivity contribution in [3.05, 3.63) is 47.4 Å². The number of anilines is 2. The maximum Gasteiger partial charge on any atom is 0.420 e. The standard InChI is InChI=1S/C31H40N4O6/c1-30(2,3)40-28(36)34-13-9-20(10-14-34)22-7-8-25-24(17-22)35(29(37)41-31(4,5)6)27-23(18-39-25)26(32-19-33-27)21-11-15-38-16-12-21/h7-8,11,17,19-20H,9-10,12-16,18H2,1-6H3. The molecule has 2 aromatic rings. The van der Waals surface area contributed by atoms with Gasteiger partial charge in [-0.3, -0.25) is 0 Å². The lowest BCUT2D eigenvalue weighted by molar-refractivity contribution is 0.0204. The predicted octanol–water partition coefficient (Wildman–Crippen LogP) is 6.36. The highest BCUT2D eigenvalue weighted by atomic mass is 16.6. The number of fused-ring (bicyclic) bond motifs is 2. The zero-order valence-corrected chi connectivity index (χ0v) is 24.9. The average molecular weight is 565 g/mol. The third kappa shape index (κ3) is 6.64. The van der Waals surface area contributed by atoms with Crippen LogP contribution in [0.2, 0.25) is 0 Å². The zero-order valence-electron chi connectivity index (χ0n) is 24.9. The van der Waals surface area contributed by atoms with Crippen LogP contribution < -0.4 is 9.64 Å². The van der Waals surface area contributed by atoms with Crippen LogP contribution in [-0.2, 0) is 20.8 Å². The number of hydrogen-bond donors (Lipinski definition) is 0. The molecule has 0 bridgehead atoms. The number of carbonyl (C=O) groups is 2. The lowest BCUT2D eigenvalue weighted by Gasteiger charge is -2.34. The lowest BCUT2D eigenvalue weighted by Crippen LogP contribution is -2.41. The van der Waals surface area contributed by atoms with E-state index in [9.17, 15) is 9.59 Å². The van der Waals surface area contributed by atoms with Gasteiger partial charge in [-0.15, -0.1) is 0 Å². The molecule has 0 atom stereocenters. The number of nitrogens with zero attached hydrogens (tertiary/aromatic N) is 4. The van der Waals surface area contributed by atoms with Crippen molar-refractivity contribution in [2.24, 2.45) is 0 Å². The summed E-state index contributed by atoms with van der Waals surface area (Å²) in [6.07, 6.45) is 4.97. The van der Waals surface area contributed by atoms with E-state index in [0.717, 1.165) is 41.7 Å². The molecule has 0 unspecified atom stereocenters. The minimum atomic E-state index is -0.713. The number of aromatic nitrogens is 2. The topological polar surface area (TPSA) is 103 Å². The van der Waals surface area contributed by atoms with E-state index < -0.39 is 17.3 Å². The molecule has 1 fully saturated rings. The van der Waals surface area contributed by atoms with E-state index in [4.69, 9.17) is 18.9 Å². The number of amides is 2. The van der Waals surface area contributed by atoms with Crippen molar-refractivity contribution in [3.8, 4) is 5.75 Å². The van der Waals surface area contributed by atoms with Crippen molar-refractivity contribution >= 4 is 29.3 Å². The van der Waals surface area contributed by atoms with Gasteiger partial charge >= 0.3 is 12.2 Å². The zero-order chi connectivity index (χ0) is 29.4. The van der Waals surface area contributed by atoms with Crippen molar-refractivity contribution in [2.75, 3.05) is 31.2 Å². The first-order chi connectivity index (χ1) is 19.4. The Labute approximate surface area is 241 Å². The van der Waals surface area contributed by atoms with Gasteiger partial charge in [-0.25, -0.2) is 24.5 Å². The van der Waals surface area contributed by atoms with E-state index in [1.54, 1.807) is 4.90 Å². The first-order valence-corrected chi connectivity index (χ1v) is 14.3. The van der Waals surface area contributed by atoms with Gasteiger partial charge in [0.25, 0.3) is 0 Å². The van der Waals surface area contributed by atoms with Gasteiger partial charge in [-0.05, 0) is 90.0 Å². The molecule has 0 spiro atoms. The molecule has 0 aliphatic carbocycles. The van der Waals surface area contributed by atoms with Crippen LogP contribution in [0.4, 0.5) is 21.1 Å². The Bertz CT molecular complexity index is 1340. The maximum absolute atomic E-state index is 13.8. The first kappa shape index (κ1) is 28.9. The minimum absolute atomic E-state index is 0.204. The fraction of sp³-hybridized carbons (Fsp3) is 0.548. The van der Waals surface area contributed by atoms with Crippen molar-refractivity contribution in [1.29, 1.82) is 0 Å². The van der Waals surface area contributed by atoms with Crippen molar-refractivity contribution in [1.82, 2.24) is 14.9 Å². The quantitative estimate of drug-likeness (QED) is 0.415. The van der Waals surface area contributed by atoms with E-state index in [1.165, 1.54) is 11.2 Å². The fourth-order valence-corrected chi connectivity index (χ4v) is 5.31. The summed E-state index contributed by atoms with van der Waals surface area (Å²) in [5.41, 5.74) is 2.94. The number of hydrogen-bond acceptors (Lipinski definition) is 8. The van der Waals surface area contributed by atoms with E-state index in [1.807, 2.05) is 65.8 Å². The minimum Gasteiger partial charge on any atom is -0.486 e. The second kappa shape index (κ2) is 11.3. The highest BCUT2D eigenvalue weighted by molar-refractivity contribution is 5.98. The first-order valence-electron chi connectivity index (χ1n) is 14.3. The molecule has 3 aliphatic heterocycles. The van der Waals surface area contributed by atoms with E-state index in [-0.39, 0.29) is 18.6 Å². The van der Waals surface area contributed by atoms with Gasteiger partial charge < -0.3 is 23.8 Å². The molecule has 1 saturated heterocycles. The Morgan fingerprint density at radius 3 is 2.34 bits per heavy atom. The molecule has 0 N–H and O–H groups in total. The maximum atomic E-state index is 13.8. The van der Waals surface area contributed by atoms with Crippen LogP contribution in [0.25, 0.3) is 5.57 Å².